The minimum Gasteiger partial charge on any atom is -0.477 e. The molecule has 2 amide bonds. The Morgan fingerprint density at radius 1 is 0.623 bits per heavy atom. The van der Waals surface area contributed by atoms with E-state index in [0.29, 0.717) is 58.3 Å². The molecule has 16 nitrogen and oxygen atoms in total. The summed E-state index contributed by atoms with van der Waals surface area (Å²) in [5, 5.41) is 22.1. The Hall–Kier alpha value is -5.62. The summed E-state index contributed by atoms with van der Waals surface area (Å²) < 4.78 is 23.6. The first kappa shape index (κ1) is 44.9. The summed E-state index contributed by atoms with van der Waals surface area (Å²) in [6.07, 6.45) is 1.72. The maximum atomic E-state index is 14.2. The van der Waals surface area contributed by atoms with Crippen LogP contribution in [0.1, 0.15) is 61.5 Å². The van der Waals surface area contributed by atoms with E-state index in [9.17, 15) is 29.4 Å². The molecule has 16 heteroatoms. The SMILES string of the molecule is O=C(O)c1cccc(CN2CCOCCOCCN(C(C(=O)NCCC(=O)N3Cc4ccccc4CCc4ccccc43)c3cccc(C(=O)O)n3)CCOCCOCC2)n1. The lowest BCUT2D eigenvalue weighted by molar-refractivity contribution is -0.127. The van der Waals surface area contributed by atoms with Crippen molar-refractivity contribution < 1.29 is 48.3 Å². The highest BCUT2D eigenvalue weighted by Gasteiger charge is 2.30. The number of nitrogens with one attached hydrogen (secondary N) is 1. The van der Waals surface area contributed by atoms with Gasteiger partial charge in [0.2, 0.25) is 11.8 Å². The van der Waals surface area contributed by atoms with Crippen LogP contribution in [0.15, 0.2) is 84.9 Å². The number of carboxylic acids is 2. The fourth-order valence-electron chi connectivity index (χ4n) is 7.37. The highest BCUT2D eigenvalue weighted by molar-refractivity contribution is 5.95. The Morgan fingerprint density at radius 3 is 1.84 bits per heavy atom. The zero-order valence-electron chi connectivity index (χ0n) is 34.3. The number of pyridine rings is 2. The second kappa shape index (κ2) is 23.4. The summed E-state index contributed by atoms with van der Waals surface area (Å²) >= 11 is 0. The van der Waals surface area contributed by atoms with Crippen LogP contribution in [0.4, 0.5) is 5.69 Å². The van der Waals surface area contributed by atoms with Gasteiger partial charge in [0, 0.05) is 51.4 Å². The third-order valence-corrected chi connectivity index (χ3v) is 10.5. The number of para-hydroxylation sites is 1. The predicted molar refractivity (Wildman–Crippen MR) is 224 cm³/mol. The lowest BCUT2D eigenvalue weighted by Crippen LogP contribution is -2.45. The monoisotopic (exact) mass is 838 g/mol. The zero-order chi connectivity index (χ0) is 42.8. The number of hydrogen-bond donors (Lipinski definition) is 3. The maximum absolute atomic E-state index is 14.2. The molecule has 0 radical (unpaired) electrons. The van der Waals surface area contributed by atoms with Crippen LogP contribution in [0.3, 0.4) is 0 Å². The molecule has 4 heterocycles. The second-order valence-corrected chi connectivity index (χ2v) is 14.7. The molecule has 2 aromatic heterocycles. The van der Waals surface area contributed by atoms with E-state index in [1.54, 1.807) is 29.2 Å². The summed E-state index contributed by atoms with van der Waals surface area (Å²) in [5.74, 6) is -2.88. The van der Waals surface area contributed by atoms with Gasteiger partial charge in [-0.1, -0.05) is 54.6 Å². The van der Waals surface area contributed by atoms with Gasteiger partial charge in [-0.2, -0.15) is 0 Å². The molecule has 4 aromatic rings. The molecule has 1 fully saturated rings. The molecule has 61 heavy (non-hydrogen) atoms. The molecule has 0 spiro atoms. The number of anilines is 1. The van der Waals surface area contributed by atoms with Gasteiger partial charge in [-0.15, -0.1) is 0 Å². The molecule has 2 aliphatic heterocycles. The minimum absolute atomic E-state index is 0.0135. The van der Waals surface area contributed by atoms with Crippen LogP contribution >= 0.6 is 0 Å². The highest BCUT2D eigenvalue weighted by atomic mass is 16.5. The first-order valence-electron chi connectivity index (χ1n) is 20.7. The van der Waals surface area contributed by atoms with E-state index in [2.05, 4.69) is 26.3 Å². The first-order chi connectivity index (χ1) is 29.8. The van der Waals surface area contributed by atoms with Crippen LogP contribution < -0.4 is 10.2 Å². The Balaban J connectivity index is 1.10. The number of carbonyl (C=O) groups is 4. The smallest absolute Gasteiger partial charge is 0.354 e. The Labute approximate surface area is 355 Å². The average molecular weight is 839 g/mol. The Morgan fingerprint density at radius 2 is 1.18 bits per heavy atom. The first-order valence-corrected chi connectivity index (χ1v) is 20.7. The largest absolute Gasteiger partial charge is 0.477 e. The number of ether oxygens (including phenoxy) is 4. The fourth-order valence-corrected chi connectivity index (χ4v) is 7.37. The highest BCUT2D eigenvalue weighted by Crippen LogP contribution is 2.29. The van der Waals surface area contributed by atoms with Crippen molar-refractivity contribution in [1.82, 2.24) is 25.1 Å². The number of fused-ring (bicyclic) bond motifs is 2. The van der Waals surface area contributed by atoms with Crippen LogP contribution in [-0.2, 0) is 54.5 Å². The van der Waals surface area contributed by atoms with E-state index >= 15 is 0 Å². The third kappa shape index (κ3) is 13.4. The summed E-state index contributed by atoms with van der Waals surface area (Å²) in [6.45, 7) is 4.97. The van der Waals surface area contributed by atoms with Crippen LogP contribution in [0.2, 0.25) is 0 Å². The molecule has 324 valence electrons. The van der Waals surface area contributed by atoms with Crippen molar-refractivity contribution in [3.63, 3.8) is 0 Å². The number of aromatic nitrogens is 2. The van der Waals surface area contributed by atoms with Gasteiger partial charge in [0.1, 0.15) is 17.4 Å². The molecule has 0 aliphatic carbocycles. The number of benzene rings is 2. The quantitative estimate of drug-likeness (QED) is 0.210. The van der Waals surface area contributed by atoms with E-state index in [0.717, 1.165) is 29.7 Å². The van der Waals surface area contributed by atoms with Crippen molar-refractivity contribution in [3.05, 3.63) is 124 Å². The van der Waals surface area contributed by atoms with E-state index in [1.165, 1.54) is 17.7 Å². The molecule has 1 saturated heterocycles. The van der Waals surface area contributed by atoms with Crippen LogP contribution in [0.5, 0.6) is 0 Å². The Bertz CT molecular complexity index is 2060. The summed E-state index contributed by atoms with van der Waals surface area (Å²) in [5.41, 5.74) is 4.89. The zero-order valence-corrected chi connectivity index (χ0v) is 34.3. The lowest BCUT2D eigenvalue weighted by Gasteiger charge is -2.31. The van der Waals surface area contributed by atoms with E-state index in [1.807, 2.05) is 47.4 Å². The Kier molecular flexibility index (Phi) is 17.2. The molecule has 0 bridgehead atoms. The number of rotatable bonds is 10. The summed E-state index contributed by atoms with van der Waals surface area (Å²) in [6, 6.07) is 24.5. The van der Waals surface area contributed by atoms with Gasteiger partial charge in [-0.25, -0.2) is 19.6 Å². The summed E-state index contributed by atoms with van der Waals surface area (Å²) in [4.78, 5) is 65.9. The molecular formula is C45H54N6O10. The van der Waals surface area contributed by atoms with Crippen molar-refractivity contribution >= 4 is 29.4 Å². The van der Waals surface area contributed by atoms with E-state index in [4.69, 9.17) is 18.9 Å². The molecule has 6 rings (SSSR count). The van der Waals surface area contributed by atoms with Gasteiger partial charge in [0.05, 0.1) is 70.8 Å². The van der Waals surface area contributed by atoms with Crippen molar-refractivity contribution in [2.24, 2.45) is 0 Å². The van der Waals surface area contributed by atoms with Crippen molar-refractivity contribution in [1.29, 1.82) is 0 Å². The topological polar surface area (TPSA) is 193 Å². The molecule has 1 atom stereocenters. The van der Waals surface area contributed by atoms with E-state index in [-0.39, 0.29) is 75.5 Å². The average Bonchev–Trinajstić information content (AvgIpc) is 3.25. The number of carboxylic acid groups (broad SMARTS) is 2. The number of amides is 2. The molecule has 0 saturated carbocycles. The third-order valence-electron chi connectivity index (χ3n) is 10.5. The van der Waals surface area contributed by atoms with Gasteiger partial charge in [0.25, 0.3) is 0 Å². The van der Waals surface area contributed by atoms with Crippen LogP contribution in [0, 0.1) is 0 Å². The summed E-state index contributed by atoms with van der Waals surface area (Å²) in [7, 11) is 0. The van der Waals surface area contributed by atoms with Gasteiger partial charge in [0.15, 0.2) is 0 Å². The second-order valence-electron chi connectivity index (χ2n) is 14.7. The van der Waals surface area contributed by atoms with Crippen molar-refractivity contribution in [3.8, 4) is 0 Å². The minimum atomic E-state index is -1.22. The maximum Gasteiger partial charge on any atom is 0.354 e. The number of hydrogen-bond acceptors (Lipinski definition) is 12. The number of carbonyl (C=O) groups excluding carboxylic acids is 2. The van der Waals surface area contributed by atoms with E-state index < -0.39 is 23.9 Å². The van der Waals surface area contributed by atoms with Crippen molar-refractivity contribution in [2.45, 2.75) is 38.4 Å². The molecule has 1 unspecified atom stereocenters. The van der Waals surface area contributed by atoms with Gasteiger partial charge >= 0.3 is 11.9 Å². The molecule has 3 N–H and O–H groups in total. The van der Waals surface area contributed by atoms with Gasteiger partial charge in [-0.05, 0) is 59.9 Å². The molecular weight excluding hydrogens is 785 g/mol. The fraction of sp³-hybridized carbons (Fsp3) is 0.422. The standard InChI is InChI=1S/C45H54N6O10/c52-41(51-31-35-9-2-1-7-33(35)15-16-34-8-3-4-14-40(34)51)17-18-46-43(53)42(37-11-6-13-39(48-37)45(56)57)50-21-25-60-29-27-58-23-19-49(20-24-59-28-30-61-26-22-50)32-36-10-5-12-38(47-36)44(54)55/h1-14,42H,15-32H2,(H,46,53)(H,54,55)(H,56,57). The number of aryl methyl sites for hydroxylation is 2. The van der Waals surface area contributed by atoms with Crippen molar-refractivity contribution in [2.75, 3.05) is 90.5 Å². The number of nitrogens with zero attached hydrogens (tertiary/aromatic N) is 5. The normalized spacial score (nSPS) is 17.3. The van der Waals surface area contributed by atoms with Gasteiger partial charge in [-0.3, -0.25) is 19.4 Å². The number of aromatic carboxylic acids is 2. The lowest BCUT2D eigenvalue weighted by atomic mass is 9.95. The van der Waals surface area contributed by atoms with Crippen LogP contribution in [0.25, 0.3) is 0 Å². The van der Waals surface area contributed by atoms with Gasteiger partial charge < -0.3 is 39.4 Å². The molecule has 2 aromatic carbocycles. The predicted octanol–water partition coefficient (Wildman–Crippen LogP) is 3.64. The van der Waals surface area contributed by atoms with Crippen LogP contribution in [-0.4, -0.2) is 139 Å². The molecule has 2 aliphatic rings.